The van der Waals surface area contributed by atoms with Crippen molar-refractivity contribution >= 4 is 11.6 Å². The molecule has 2 aromatic carbocycles. The highest BCUT2D eigenvalue weighted by Gasteiger charge is 2.10. The van der Waals surface area contributed by atoms with E-state index in [1.165, 1.54) is 6.07 Å². The average molecular weight is 351 g/mol. The third-order valence-corrected chi connectivity index (χ3v) is 3.90. The molecule has 0 spiro atoms. The average Bonchev–Trinajstić information content (AvgIpc) is 3.06. The summed E-state index contributed by atoms with van der Waals surface area (Å²) in [5, 5.41) is 29.4. The van der Waals surface area contributed by atoms with Gasteiger partial charge in [0.2, 0.25) is 0 Å². The second-order valence-corrected chi connectivity index (χ2v) is 5.66. The molecule has 0 atom stereocenters. The lowest BCUT2D eigenvalue weighted by molar-refractivity contribution is -0.385. The van der Waals surface area contributed by atoms with Crippen LogP contribution in [0.2, 0.25) is 0 Å². The lowest BCUT2D eigenvalue weighted by Gasteiger charge is -2.13. The predicted octanol–water partition coefficient (Wildman–Crippen LogP) is 2.09. The fourth-order valence-electron chi connectivity index (χ4n) is 2.49. The summed E-state index contributed by atoms with van der Waals surface area (Å²) in [4.78, 5) is 22.4. The minimum atomic E-state index is -0.583. The molecule has 1 N–H and O–H groups in total. The molecule has 8 heteroatoms. The Morgan fingerprint density at radius 2 is 1.92 bits per heavy atom. The standard InChI is InChI=1S/C18H16N4O4/c1-12-8-9-20-21(12)15-4-2-13(3-5-15)18(24)19-11-14-10-16(22(25)26)6-7-17(14)23/h2-10,23H,11H2,1H3,(H,19,24)/p-1. The van der Waals surface area contributed by atoms with Crippen molar-refractivity contribution in [3.05, 3.63) is 81.7 Å². The Bertz CT molecular complexity index is 964. The molecule has 3 aromatic rings. The van der Waals surface area contributed by atoms with Crippen molar-refractivity contribution in [3.63, 3.8) is 0 Å². The van der Waals surface area contributed by atoms with Crippen LogP contribution in [0.1, 0.15) is 21.6 Å². The van der Waals surface area contributed by atoms with E-state index >= 15 is 0 Å². The summed E-state index contributed by atoms with van der Waals surface area (Å²) in [5.41, 5.74) is 2.18. The number of aromatic nitrogens is 2. The lowest BCUT2D eigenvalue weighted by atomic mass is 10.1. The summed E-state index contributed by atoms with van der Waals surface area (Å²) >= 11 is 0. The van der Waals surface area contributed by atoms with Gasteiger partial charge in [-0.15, -0.1) is 5.75 Å². The maximum Gasteiger partial charge on any atom is 0.269 e. The van der Waals surface area contributed by atoms with Gasteiger partial charge in [0.15, 0.2) is 0 Å². The number of hydrogen-bond donors (Lipinski definition) is 1. The van der Waals surface area contributed by atoms with Crippen LogP contribution in [0.5, 0.6) is 5.75 Å². The highest BCUT2D eigenvalue weighted by molar-refractivity contribution is 5.94. The van der Waals surface area contributed by atoms with Gasteiger partial charge in [-0.2, -0.15) is 5.10 Å². The topological polar surface area (TPSA) is 113 Å². The molecule has 0 aliphatic heterocycles. The van der Waals surface area contributed by atoms with Crippen LogP contribution in [0, 0.1) is 17.0 Å². The number of nitrogens with one attached hydrogen (secondary N) is 1. The molecule has 0 bridgehead atoms. The van der Waals surface area contributed by atoms with Crippen LogP contribution in [0.25, 0.3) is 5.69 Å². The summed E-state index contributed by atoms with van der Waals surface area (Å²) in [7, 11) is 0. The molecule has 0 saturated carbocycles. The zero-order valence-corrected chi connectivity index (χ0v) is 13.9. The van der Waals surface area contributed by atoms with Crippen LogP contribution < -0.4 is 10.4 Å². The minimum absolute atomic E-state index is 0.0840. The Kier molecular flexibility index (Phi) is 4.66. The van der Waals surface area contributed by atoms with E-state index in [0.717, 1.165) is 23.5 Å². The first-order valence-corrected chi connectivity index (χ1v) is 7.79. The Labute approximate surface area is 148 Å². The number of rotatable bonds is 5. The van der Waals surface area contributed by atoms with Gasteiger partial charge in [0.1, 0.15) is 0 Å². The van der Waals surface area contributed by atoms with Crippen molar-refractivity contribution in [3.8, 4) is 11.4 Å². The number of aryl methyl sites for hydroxylation is 1. The Morgan fingerprint density at radius 1 is 1.19 bits per heavy atom. The van der Waals surface area contributed by atoms with Gasteiger partial charge < -0.3 is 10.4 Å². The highest BCUT2D eigenvalue weighted by atomic mass is 16.6. The molecule has 26 heavy (non-hydrogen) atoms. The molecule has 1 amide bonds. The number of carbonyl (C=O) groups excluding carboxylic acids is 1. The first kappa shape index (κ1) is 17.2. The molecule has 132 valence electrons. The zero-order valence-electron chi connectivity index (χ0n) is 13.9. The zero-order chi connectivity index (χ0) is 18.7. The first-order chi connectivity index (χ1) is 12.5. The quantitative estimate of drug-likeness (QED) is 0.558. The summed E-state index contributed by atoms with van der Waals surface area (Å²) in [6.45, 7) is 1.84. The molecule has 1 aromatic heterocycles. The van der Waals surface area contributed by atoms with Crippen molar-refractivity contribution in [2.75, 3.05) is 0 Å². The van der Waals surface area contributed by atoms with Gasteiger partial charge >= 0.3 is 0 Å². The Balaban J connectivity index is 1.70. The van der Waals surface area contributed by atoms with Crippen molar-refractivity contribution < 1.29 is 14.8 Å². The normalized spacial score (nSPS) is 10.5. The van der Waals surface area contributed by atoms with Crippen LogP contribution >= 0.6 is 0 Å². The number of carbonyl (C=O) groups is 1. The first-order valence-electron chi connectivity index (χ1n) is 7.79. The molecule has 1 heterocycles. The van der Waals surface area contributed by atoms with Crippen LogP contribution in [-0.4, -0.2) is 20.6 Å². The number of amides is 1. The number of nitro groups is 1. The van der Waals surface area contributed by atoms with Crippen LogP contribution in [0.15, 0.2) is 54.7 Å². The van der Waals surface area contributed by atoms with Gasteiger partial charge in [0.25, 0.3) is 11.6 Å². The molecule has 0 aliphatic carbocycles. The maximum atomic E-state index is 12.2. The van der Waals surface area contributed by atoms with Crippen molar-refractivity contribution in [2.45, 2.75) is 13.5 Å². The van der Waals surface area contributed by atoms with Crippen LogP contribution in [0.3, 0.4) is 0 Å². The Morgan fingerprint density at radius 3 is 2.54 bits per heavy atom. The van der Waals surface area contributed by atoms with Crippen molar-refractivity contribution in [1.82, 2.24) is 15.1 Å². The van der Waals surface area contributed by atoms with E-state index in [1.54, 1.807) is 35.1 Å². The van der Waals surface area contributed by atoms with Gasteiger partial charge in [0.05, 0.1) is 10.6 Å². The van der Waals surface area contributed by atoms with E-state index in [-0.39, 0.29) is 29.5 Å². The number of non-ortho nitro benzene ring substituents is 1. The molecule has 8 nitrogen and oxygen atoms in total. The minimum Gasteiger partial charge on any atom is -0.872 e. The lowest BCUT2D eigenvalue weighted by Crippen LogP contribution is -2.23. The van der Waals surface area contributed by atoms with Gasteiger partial charge in [-0.25, -0.2) is 4.68 Å². The fourth-order valence-corrected chi connectivity index (χ4v) is 2.49. The SMILES string of the molecule is Cc1ccnn1-c1ccc(C(=O)NCc2cc([N+](=O)[O-])ccc2[O-])cc1. The maximum absolute atomic E-state index is 12.2. The molecule has 0 aliphatic rings. The molecule has 0 radical (unpaired) electrons. The third-order valence-electron chi connectivity index (χ3n) is 3.90. The van der Waals surface area contributed by atoms with Crippen molar-refractivity contribution in [1.29, 1.82) is 0 Å². The van der Waals surface area contributed by atoms with Crippen molar-refractivity contribution in [2.24, 2.45) is 0 Å². The van der Waals surface area contributed by atoms with Crippen LogP contribution in [-0.2, 0) is 6.54 Å². The van der Waals surface area contributed by atoms with E-state index in [0.29, 0.717) is 5.56 Å². The summed E-state index contributed by atoms with van der Waals surface area (Å²) in [5.74, 6) is -0.736. The predicted molar refractivity (Wildman–Crippen MR) is 92.0 cm³/mol. The second kappa shape index (κ2) is 7.06. The number of hydrogen-bond acceptors (Lipinski definition) is 5. The Hall–Kier alpha value is -3.68. The van der Waals surface area contributed by atoms with Gasteiger partial charge in [0, 0.05) is 36.1 Å². The molecular formula is C18H15N4O4-. The van der Waals surface area contributed by atoms with Crippen LogP contribution in [0.4, 0.5) is 5.69 Å². The van der Waals surface area contributed by atoms with E-state index < -0.39 is 4.92 Å². The molecular weight excluding hydrogens is 336 g/mol. The second-order valence-electron chi connectivity index (χ2n) is 5.66. The molecule has 0 unspecified atom stereocenters. The summed E-state index contributed by atoms with van der Waals surface area (Å²) in [6.07, 6.45) is 1.69. The molecule has 0 saturated heterocycles. The van der Waals surface area contributed by atoms with E-state index in [2.05, 4.69) is 10.4 Å². The molecule has 3 rings (SSSR count). The largest absolute Gasteiger partial charge is 0.872 e. The van der Waals surface area contributed by atoms with E-state index in [1.807, 2.05) is 13.0 Å². The monoisotopic (exact) mass is 351 g/mol. The third kappa shape index (κ3) is 3.54. The fraction of sp³-hybridized carbons (Fsp3) is 0.111. The molecule has 0 fully saturated rings. The van der Waals surface area contributed by atoms with Gasteiger partial charge in [-0.3, -0.25) is 14.9 Å². The number of nitrogens with zero attached hydrogens (tertiary/aromatic N) is 3. The van der Waals surface area contributed by atoms with Gasteiger partial charge in [-0.05, 0) is 42.8 Å². The smallest absolute Gasteiger partial charge is 0.269 e. The highest BCUT2D eigenvalue weighted by Crippen LogP contribution is 2.20. The number of benzene rings is 2. The summed E-state index contributed by atoms with van der Waals surface area (Å²) in [6, 6.07) is 12.1. The number of nitro benzene ring substituents is 1. The summed E-state index contributed by atoms with van der Waals surface area (Å²) < 4.78 is 1.74. The van der Waals surface area contributed by atoms with E-state index in [4.69, 9.17) is 0 Å². The van der Waals surface area contributed by atoms with Gasteiger partial charge in [-0.1, -0.05) is 6.07 Å². The van der Waals surface area contributed by atoms with E-state index in [9.17, 15) is 20.0 Å².